The second-order valence-electron chi connectivity index (χ2n) is 8.95. The van der Waals surface area contributed by atoms with Crippen LogP contribution in [0.2, 0.25) is 0 Å². The van der Waals surface area contributed by atoms with E-state index in [2.05, 4.69) is 45.5 Å². The van der Waals surface area contributed by atoms with E-state index in [9.17, 15) is 4.79 Å². The average Bonchev–Trinajstić information content (AvgIpc) is 3.41. The fraction of sp³-hybridized carbons (Fsp3) is 0.565. The predicted octanol–water partition coefficient (Wildman–Crippen LogP) is 3.54. The van der Waals surface area contributed by atoms with Crippen LogP contribution in [0.15, 0.2) is 22.7 Å². The quantitative estimate of drug-likeness (QED) is 0.863. The number of piperazine rings is 1. The zero-order valence-corrected chi connectivity index (χ0v) is 17.6. The number of carbonyl (C=O) groups excluding carboxylic acids is 1. The van der Waals surface area contributed by atoms with Gasteiger partial charge in [-0.1, -0.05) is 24.1 Å². The van der Waals surface area contributed by atoms with Gasteiger partial charge in [-0.05, 0) is 57.4 Å². The van der Waals surface area contributed by atoms with Gasteiger partial charge in [0.15, 0.2) is 0 Å². The highest BCUT2D eigenvalue weighted by molar-refractivity contribution is 6.06. The minimum atomic E-state index is -0.553. The maximum Gasteiger partial charge on any atom is 0.249 e. The molecule has 6 heteroatoms. The van der Waals surface area contributed by atoms with Crippen LogP contribution in [0.25, 0.3) is 11.1 Å². The van der Waals surface area contributed by atoms with Gasteiger partial charge in [-0.25, -0.2) is 0 Å². The van der Waals surface area contributed by atoms with E-state index in [-0.39, 0.29) is 5.91 Å². The molecule has 1 saturated carbocycles. The molecule has 3 heterocycles. The Kier molecular flexibility index (Phi) is 4.51. The Labute approximate surface area is 172 Å². The molecule has 6 nitrogen and oxygen atoms in total. The summed E-state index contributed by atoms with van der Waals surface area (Å²) >= 11 is 0. The fourth-order valence-electron chi connectivity index (χ4n) is 5.84. The number of rotatable bonds is 3. The third kappa shape index (κ3) is 2.76. The van der Waals surface area contributed by atoms with Crippen LogP contribution in [0.1, 0.15) is 42.7 Å². The van der Waals surface area contributed by atoms with Gasteiger partial charge in [0.1, 0.15) is 11.3 Å². The van der Waals surface area contributed by atoms with E-state index in [4.69, 9.17) is 4.52 Å². The Morgan fingerprint density at radius 1 is 1.14 bits per heavy atom. The van der Waals surface area contributed by atoms with E-state index in [1.807, 2.05) is 13.8 Å². The van der Waals surface area contributed by atoms with Gasteiger partial charge in [0.2, 0.25) is 5.91 Å². The molecule has 2 aromatic rings. The number of aryl methyl sites for hydroxylation is 2. The Balaban J connectivity index is 1.67. The molecule has 1 saturated heterocycles. The third-order valence-electron chi connectivity index (χ3n) is 7.29. The van der Waals surface area contributed by atoms with Crippen LogP contribution >= 0.6 is 0 Å². The average molecular weight is 395 g/mol. The van der Waals surface area contributed by atoms with E-state index < -0.39 is 5.54 Å². The van der Waals surface area contributed by atoms with Gasteiger partial charge >= 0.3 is 0 Å². The van der Waals surface area contributed by atoms with Gasteiger partial charge in [-0.3, -0.25) is 9.69 Å². The molecule has 3 aliphatic rings. The van der Waals surface area contributed by atoms with Gasteiger partial charge in [0.05, 0.1) is 5.69 Å². The molecule has 1 N–H and O–H groups in total. The zero-order chi connectivity index (χ0) is 20.2. The summed E-state index contributed by atoms with van der Waals surface area (Å²) in [5.41, 5.74) is 4.60. The first-order valence-electron chi connectivity index (χ1n) is 10.8. The van der Waals surface area contributed by atoms with Crippen LogP contribution in [-0.4, -0.2) is 54.1 Å². The number of nitrogens with one attached hydrogen (secondary N) is 1. The first-order chi connectivity index (χ1) is 14.0. The molecule has 1 aromatic carbocycles. The third-order valence-corrected chi connectivity index (χ3v) is 7.29. The minimum absolute atomic E-state index is 0.167. The fourth-order valence-corrected chi connectivity index (χ4v) is 5.84. The maximum absolute atomic E-state index is 13.7. The summed E-state index contributed by atoms with van der Waals surface area (Å²) in [4.78, 5) is 18.5. The van der Waals surface area contributed by atoms with Crippen LogP contribution in [0, 0.1) is 19.8 Å². The van der Waals surface area contributed by atoms with Crippen LogP contribution in [-0.2, 0) is 10.3 Å². The first kappa shape index (κ1) is 18.8. The highest BCUT2D eigenvalue weighted by Crippen LogP contribution is 2.52. The lowest BCUT2D eigenvalue weighted by molar-refractivity contribution is -0.133. The van der Waals surface area contributed by atoms with Crippen molar-refractivity contribution >= 4 is 11.6 Å². The van der Waals surface area contributed by atoms with Crippen LogP contribution in [0.4, 0.5) is 5.69 Å². The number of nitrogens with zero attached hydrogens (tertiary/aromatic N) is 3. The van der Waals surface area contributed by atoms with Gasteiger partial charge in [-0.15, -0.1) is 0 Å². The van der Waals surface area contributed by atoms with Crippen molar-refractivity contribution in [2.24, 2.45) is 5.92 Å². The zero-order valence-electron chi connectivity index (χ0n) is 17.6. The van der Waals surface area contributed by atoms with Gasteiger partial charge < -0.3 is 14.7 Å². The number of amides is 1. The predicted molar refractivity (Wildman–Crippen MR) is 113 cm³/mol. The highest BCUT2D eigenvalue weighted by Gasteiger charge is 2.56. The molecule has 0 spiro atoms. The first-order valence-corrected chi connectivity index (χ1v) is 10.8. The molecule has 154 valence electrons. The summed E-state index contributed by atoms with van der Waals surface area (Å²) in [5, 5.41) is 7.38. The van der Waals surface area contributed by atoms with Crippen LogP contribution in [0.5, 0.6) is 0 Å². The summed E-state index contributed by atoms with van der Waals surface area (Å²) in [6.07, 6.45) is 4.67. The molecule has 1 aliphatic carbocycles. The summed E-state index contributed by atoms with van der Waals surface area (Å²) in [7, 11) is 2.16. The smallest absolute Gasteiger partial charge is 0.249 e. The molecule has 2 aliphatic heterocycles. The monoisotopic (exact) mass is 394 g/mol. The Bertz CT molecular complexity index is 919. The van der Waals surface area contributed by atoms with Gasteiger partial charge in [-0.2, -0.15) is 0 Å². The van der Waals surface area contributed by atoms with Crippen LogP contribution in [0.3, 0.4) is 0 Å². The number of likely N-dealkylation sites (N-methyl/N-ethyl adjacent to an activating group) is 1. The van der Waals surface area contributed by atoms with Crippen molar-refractivity contribution in [3.8, 4) is 11.1 Å². The molecule has 0 bridgehead atoms. The maximum atomic E-state index is 13.7. The lowest BCUT2D eigenvalue weighted by atomic mass is 9.75. The number of fused-ring (bicyclic) bond motifs is 1. The number of hydrogen-bond donors (Lipinski definition) is 1. The summed E-state index contributed by atoms with van der Waals surface area (Å²) in [6.45, 7) is 7.79. The van der Waals surface area contributed by atoms with E-state index in [1.54, 1.807) is 0 Å². The summed E-state index contributed by atoms with van der Waals surface area (Å²) in [5.74, 6) is 1.36. The molecule has 1 unspecified atom stereocenters. The van der Waals surface area contributed by atoms with Crippen molar-refractivity contribution in [3.63, 3.8) is 0 Å². The lowest BCUT2D eigenvalue weighted by Gasteiger charge is -2.47. The van der Waals surface area contributed by atoms with Crippen molar-refractivity contribution in [1.29, 1.82) is 0 Å². The van der Waals surface area contributed by atoms with Crippen molar-refractivity contribution in [1.82, 2.24) is 15.0 Å². The molecule has 5 rings (SSSR count). The Morgan fingerprint density at radius 2 is 1.86 bits per heavy atom. The number of hydrogen-bond acceptors (Lipinski definition) is 5. The van der Waals surface area contributed by atoms with Crippen molar-refractivity contribution in [3.05, 3.63) is 35.2 Å². The molecule has 0 radical (unpaired) electrons. The SMILES string of the molecule is Cc1noc(C)c1-c1ccc2c(c1)C(C1CCCC1)(N1CCN(C)CC1)C(=O)N2. The Morgan fingerprint density at radius 3 is 2.52 bits per heavy atom. The second-order valence-corrected chi connectivity index (χ2v) is 8.95. The normalized spacial score (nSPS) is 26.1. The van der Waals surface area contributed by atoms with Gasteiger partial charge in [0.25, 0.3) is 0 Å². The standard InChI is InChI=1S/C23H30N4O2/c1-15-21(16(2)29-25-15)17-8-9-20-19(14-17)23(22(28)24-20,18-6-4-5-7-18)27-12-10-26(3)11-13-27/h8-9,14,18H,4-7,10-13H2,1-3H3,(H,24,28). The number of aromatic nitrogens is 1. The molecular formula is C23H30N4O2. The molecule has 29 heavy (non-hydrogen) atoms. The highest BCUT2D eigenvalue weighted by atomic mass is 16.5. The Hall–Kier alpha value is -2.18. The molecule has 2 fully saturated rings. The summed E-state index contributed by atoms with van der Waals surface area (Å²) in [6, 6.07) is 6.39. The molecule has 1 atom stereocenters. The van der Waals surface area contributed by atoms with E-state index in [1.165, 1.54) is 12.8 Å². The minimum Gasteiger partial charge on any atom is -0.361 e. The molecular weight excluding hydrogens is 364 g/mol. The van der Waals surface area contributed by atoms with Crippen molar-refractivity contribution in [2.75, 3.05) is 38.5 Å². The number of carbonyl (C=O) groups is 1. The van der Waals surface area contributed by atoms with Crippen LogP contribution < -0.4 is 5.32 Å². The van der Waals surface area contributed by atoms with E-state index in [0.29, 0.717) is 5.92 Å². The van der Waals surface area contributed by atoms with Crippen molar-refractivity contribution in [2.45, 2.75) is 45.1 Å². The molecule has 1 aromatic heterocycles. The van der Waals surface area contributed by atoms with E-state index in [0.717, 1.165) is 72.9 Å². The largest absolute Gasteiger partial charge is 0.361 e. The topological polar surface area (TPSA) is 61.6 Å². The van der Waals surface area contributed by atoms with Crippen molar-refractivity contribution < 1.29 is 9.32 Å². The summed E-state index contributed by atoms with van der Waals surface area (Å²) < 4.78 is 5.42. The number of anilines is 1. The lowest BCUT2D eigenvalue weighted by Crippen LogP contribution is -2.60. The molecule has 1 amide bonds. The number of benzene rings is 1. The van der Waals surface area contributed by atoms with Gasteiger partial charge in [0, 0.05) is 43.0 Å². The second kappa shape index (κ2) is 6.96. The van der Waals surface area contributed by atoms with E-state index >= 15 is 0 Å².